The van der Waals surface area contributed by atoms with Crippen molar-refractivity contribution < 1.29 is 32.9 Å². The number of nitrogens with zero attached hydrogens (tertiary/aromatic N) is 5. The van der Waals surface area contributed by atoms with E-state index in [1.54, 1.807) is 23.8 Å². The molecule has 3 atom stereocenters. The summed E-state index contributed by atoms with van der Waals surface area (Å²) in [6.45, 7) is 11.2. The molecule has 0 aliphatic heterocycles. The summed E-state index contributed by atoms with van der Waals surface area (Å²) in [7, 11) is 0.978. The normalized spacial score (nSPS) is 12.5. The number of benzene rings is 1. The summed E-state index contributed by atoms with van der Waals surface area (Å²) < 4.78 is 36.3. The zero-order chi connectivity index (χ0) is 42.6. The predicted molar refractivity (Wildman–Crippen MR) is 232 cm³/mol. The highest BCUT2D eigenvalue weighted by Crippen LogP contribution is 2.34. The summed E-state index contributed by atoms with van der Waals surface area (Å²) >= 11 is 0. The number of rotatable bonds is 33. The molecule has 3 unspecified atom stereocenters. The molecule has 0 radical (unpaired) electrons. The van der Waals surface area contributed by atoms with E-state index in [-0.39, 0.29) is 25.9 Å². The first-order chi connectivity index (χ1) is 28.5. The fourth-order valence-electron chi connectivity index (χ4n) is 6.35. The Labute approximate surface area is 350 Å². The topological polar surface area (TPSA) is 179 Å². The Morgan fingerprint density at radius 2 is 1.41 bits per heavy atom. The monoisotopic (exact) mass is 829 g/mol. The van der Waals surface area contributed by atoms with Crippen LogP contribution in [0.5, 0.6) is 5.75 Å². The average Bonchev–Trinajstić information content (AvgIpc) is 3.69. The van der Waals surface area contributed by atoms with Gasteiger partial charge >= 0.3 is 8.60 Å². The summed E-state index contributed by atoms with van der Waals surface area (Å²) in [4.78, 5) is 14.6. The fraction of sp³-hybridized carbons (Fsp3) is 0.682. The van der Waals surface area contributed by atoms with Crippen molar-refractivity contribution in [3.8, 4) is 18.4 Å². The van der Waals surface area contributed by atoms with Gasteiger partial charge in [-0.25, -0.2) is 14.8 Å². The minimum Gasteiger partial charge on any atom is -0.495 e. The van der Waals surface area contributed by atoms with Crippen LogP contribution in [0.2, 0.25) is 0 Å². The van der Waals surface area contributed by atoms with Crippen molar-refractivity contribution in [2.45, 2.75) is 155 Å². The number of fused-ring (bicyclic) bond motifs is 1. The quantitative estimate of drug-likeness (QED) is 0.0439. The number of unbranched alkanes of at least 4 members (excludes halogenated alkanes) is 15. The summed E-state index contributed by atoms with van der Waals surface area (Å²) in [5.74, 6) is 0.921. The molecule has 3 N–H and O–H groups in total. The van der Waals surface area contributed by atoms with E-state index in [4.69, 9.17) is 39.0 Å². The zero-order valence-electron chi connectivity index (χ0n) is 36.1. The SMILES string of the molecule is C#N.CC.CCCCCCCCCCCCCCCCCCOCC(COP(O)OCC(CCc1ccc2c(N)ncnn12)OC)OCc1ccc(C#N)c(OC)c1. The number of nitriles is 2. The van der Waals surface area contributed by atoms with E-state index in [0.717, 1.165) is 29.6 Å². The fourth-order valence-corrected chi connectivity index (χ4v) is 7.01. The molecule has 3 rings (SSSR count). The lowest BCUT2D eigenvalue weighted by atomic mass is 10.0. The standard InChI is InChI=1S/C41H66N5O7P.C2H6.CHN/c1-4-5-6-7-8-9-10-11-12-13-14-15-16-17-18-19-26-50-30-38(51-29-34-20-21-35(28-42)40(27-34)49-3)32-53-54(47)52-31-37(48-2)24-22-36-23-25-39-41(43)44-33-45-46(36)39;2*1-2/h20-21,23,25,27,33,37-38,47H,4-19,22,24,26,29-32H2,1-3H3,(H2,43,44,45);1-2H3;1H. The molecule has 1 aromatic carbocycles. The maximum atomic E-state index is 10.6. The number of aryl methyl sites for hydroxylation is 1. The second-order valence-electron chi connectivity index (χ2n) is 14.0. The van der Waals surface area contributed by atoms with Gasteiger partial charge in [0.1, 0.15) is 29.8 Å². The van der Waals surface area contributed by atoms with Crippen LogP contribution in [0.3, 0.4) is 0 Å². The van der Waals surface area contributed by atoms with Gasteiger partial charge in [0.2, 0.25) is 0 Å². The molecule has 0 saturated heterocycles. The first-order valence-corrected chi connectivity index (χ1v) is 22.5. The first-order valence-electron chi connectivity index (χ1n) is 21.4. The third-order valence-corrected chi connectivity index (χ3v) is 10.4. The molecular formula is C44H73N6O7P. The average molecular weight is 829 g/mol. The van der Waals surface area contributed by atoms with Crippen molar-refractivity contribution in [3.63, 3.8) is 0 Å². The molecule has 0 saturated carbocycles. The number of nitrogen functional groups attached to an aromatic ring is 1. The van der Waals surface area contributed by atoms with Gasteiger partial charge < -0.3 is 38.6 Å². The van der Waals surface area contributed by atoms with Gasteiger partial charge in [-0.2, -0.15) is 10.4 Å². The number of ether oxygens (including phenoxy) is 4. The molecule has 0 aliphatic carbocycles. The summed E-state index contributed by atoms with van der Waals surface area (Å²) in [6.07, 6.45) is 23.2. The van der Waals surface area contributed by atoms with Gasteiger partial charge in [-0.15, -0.1) is 0 Å². The van der Waals surface area contributed by atoms with Crippen molar-refractivity contribution >= 4 is 19.9 Å². The van der Waals surface area contributed by atoms with Crippen LogP contribution in [0.1, 0.15) is 147 Å². The molecule has 58 heavy (non-hydrogen) atoms. The Morgan fingerprint density at radius 3 is 1.98 bits per heavy atom. The van der Waals surface area contributed by atoms with Crippen molar-refractivity contribution in [2.75, 3.05) is 46.4 Å². The van der Waals surface area contributed by atoms with Gasteiger partial charge in [0.25, 0.3) is 0 Å². The highest BCUT2D eigenvalue weighted by molar-refractivity contribution is 7.40. The largest absolute Gasteiger partial charge is 0.495 e. The van der Waals surface area contributed by atoms with Crippen LogP contribution >= 0.6 is 8.60 Å². The van der Waals surface area contributed by atoms with Crippen molar-refractivity contribution in [1.29, 1.82) is 10.5 Å². The Bertz CT molecular complexity index is 1500. The van der Waals surface area contributed by atoms with E-state index in [0.29, 0.717) is 43.2 Å². The van der Waals surface area contributed by atoms with Crippen molar-refractivity contribution in [3.05, 3.63) is 53.5 Å². The molecular weight excluding hydrogens is 755 g/mol. The number of hydrogen-bond acceptors (Lipinski definition) is 12. The molecule has 0 spiro atoms. The van der Waals surface area contributed by atoms with Gasteiger partial charge in [-0.1, -0.05) is 123 Å². The lowest BCUT2D eigenvalue weighted by molar-refractivity contribution is -0.0489. The number of hydrogen-bond donors (Lipinski definition) is 2. The van der Waals surface area contributed by atoms with Gasteiger partial charge in [0, 0.05) is 26.0 Å². The molecule has 0 amide bonds. The lowest BCUT2D eigenvalue weighted by Crippen LogP contribution is -2.26. The van der Waals surface area contributed by atoms with Gasteiger partial charge in [0.05, 0.1) is 45.2 Å². The van der Waals surface area contributed by atoms with Crippen LogP contribution in [0.25, 0.3) is 5.52 Å². The summed E-state index contributed by atoms with van der Waals surface area (Å²) in [5, 5.41) is 20.1. The van der Waals surface area contributed by atoms with Crippen LogP contribution in [0.15, 0.2) is 36.7 Å². The molecule has 13 nitrogen and oxygen atoms in total. The Kier molecular flexibility index (Phi) is 32.3. The first kappa shape index (κ1) is 52.6. The highest BCUT2D eigenvalue weighted by Gasteiger charge is 2.19. The molecule has 0 aliphatic rings. The Hall–Kier alpha value is -3.39. The zero-order valence-corrected chi connectivity index (χ0v) is 37.0. The Balaban J connectivity index is 0.00000407. The van der Waals surface area contributed by atoms with E-state index in [9.17, 15) is 10.2 Å². The van der Waals surface area contributed by atoms with Crippen molar-refractivity contribution in [2.24, 2.45) is 0 Å². The molecule has 2 aromatic heterocycles. The molecule has 14 heteroatoms. The minimum atomic E-state index is -2.17. The summed E-state index contributed by atoms with van der Waals surface area (Å²) in [5.41, 5.74) is 9.00. The maximum absolute atomic E-state index is 10.6. The summed E-state index contributed by atoms with van der Waals surface area (Å²) in [6, 6.07) is 11.3. The number of nitrogens with two attached hydrogens (primary N) is 1. The predicted octanol–water partition coefficient (Wildman–Crippen LogP) is 10.4. The van der Waals surface area contributed by atoms with Crippen molar-refractivity contribution in [1.82, 2.24) is 14.6 Å². The van der Waals surface area contributed by atoms with Gasteiger partial charge in [-0.3, -0.25) is 0 Å². The van der Waals surface area contributed by atoms with E-state index in [1.165, 1.54) is 103 Å². The molecule has 0 fully saturated rings. The third kappa shape index (κ3) is 22.7. The van der Waals surface area contributed by atoms with E-state index in [1.807, 2.05) is 32.0 Å². The van der Waals surface area contributed by atoms with Crippen LogP contribution in [0, 0.1) is 23.2 Å². The third-order valence-electron chi connectivity index (χ3n) is 9.68. The second kappa shape index (κ2) is 35.5. The van der Waals surface area contributed by atoms with Crippen LogP contribution in [-0.4, -0.2) is 72.3 Å². The molecule has 3 aromatic rings. The minimum absolute atomic E-state index is 0.0868. The maximum Gasteiger partial charge on any atom is 0.330 e. The lowest BCUT2D eigenvalue weighted by Gasteiger charge is -2.21. The smallest absolute Gasteiger partial charge is 0.330 e. The number of anilines is 1. The van der Waals surface area contributed by atoms with Crippen LogP contribution in [-0.2, 0) is 36.3 Å². The molecule has 326 valence electrons. The highest BCUT2D eigenvalue weighted by atomic mass is 31.2. The second-order valence-corrected chi connectivity index (χ2v) is 14.9. The van der Waals surface area contributed by atoms with E-state index < -0.39 is 14.7 Å². The van der Waals surface area contributed by atoms with E-state index >= 15 is 0 Å². The molecule has 0 bridgehead atoms. The van der Waals surface area contributed by atoms with E-state index in [2.05, 4.69) is 29.6 Å². The van der Waals surface area contributed by atoms with Gasteiger partial charge in [-0.05, 0) is 49.1 Å². The van der Waals surface area contributed by atoms with Crippen LogP contribution in [0.4, 0.5) is 5.82 Å². The Morgan fingerprint density at radius 1 is 0.828 bits per heavy atom. The number of aromatic nitrogens is 3. The number of methoxy groups -OCH3 is 2. The molecule has 2 heterocycles. The van der Waals surface area contributed by atoms with Crippen LogP contribution < -0.4 is 10.5 Å². The van der Waals surface area contributed by atoms with Gasteiger partial charge in [0.15, 0.2) is 5.82 Å².